The Morgan fingerprint density at radius 3 is 2.53 bits per heavy atom. The van der Waals surface area contributed by atoms with Gasteiger partial charge in [-0.05, 0) is 24.1 Å². The summed E-state index contributed by atoms with van der Waals surface area (Å²) in [4.78, 5) is 11.5. The van der Waals surface area contributed by atoms with Gasteiger partial charge in [0, 0.05) is 18.7 Å². The minimum absolute atomic E-state index is 0.0240. The van der Waals surface area contributed by atoms with Crippen LogP contribution in [0.1, 0.15) is 29.3 Å². The lowest BCUT2D eigenvalue weighted by Crippen LogP contribution is -2.24. The second kappa shape index (κ2) is 6.16. The molecule has 4 heteroatoms. The smallest absolute Gasteiger partial charge is 0.251 e. The Hall–Kier alpha value is -1.39. The van der Waals surface area contributed by atoms with Crippen molar-refractivity contribution in [1.82, 2.24) is 10.7 Å². The van der Waals surface area contributed by atoms with E-state index in [9.17, 15) is 4.79 Å². The topological polar surface area (TPSA) is 67.2 Å². The molecule has 0 saturated heterocycles. The lowest BCUT2D eigenvalue weighted by Gasteiger charge is -2.04. The zero-order valence-electron chi connectivity index (χ0n) is 8.92. The molecule has 0 aliphatic rings. The van der Waals surface area contributed by atoms with E-state index < -0.39 is 0 Å². The number of hydrogen-bond donors (Lipinski definition) is 3. The van der Waals surface area contributed by atoms with Gasteiger partial charge in [0.2, 0.25) is 0 Å². The van der Waals surface area contributed by atoms with Crippen LogP contribution < -0.4 is 16.6 Å². The van der Waals surface area contributed by atoms with Gasteiger partial charge in [0.15, 0.2) is 0 Å². The fourth-order valence-corrected chi connectivity index (χ4v) is 1.23. The maximum absolute atomic E-state index is 11.5. The van der Waals surface area contributed by atoms with E-state index in [1.807, 2.05) is 19.1 Å². The van der Waals surface area contributed by atoms with Gasteiger partial charge in [0.1, 0.15) is 0 Å². The lowest BCUT2D eigenvalue weighted by molar-refractivity contribution is 0.0953. The number of carbonyl (C=O) groups excluding carboxylic acids is 1. The van der Waals surface area contributed by atoms with Crippen molar-refractivity contribution in [1.29, 1.82) is 0 Å². The van der Waals surface area contributed by atoms with Gasteiger partial charge in [0.25, 0.3) is 5.91 Å². The Balaban J connectivity index is 2.58. The van der Waals surface area contributed by atoms with Crippen molar-refractivity contribution < 1.29 is 4.79 Å². The van der Waals surface area contributed by atoms with Crippen LogP contribution in [0.4, 0.5) is 0 Å². The maximum atomic E-state index is 11.5. The van der Waals surface area contributed by atoms with E-state index in [2.05, 4.69) is 10.7 Å². The molecule has 0 unspecified atom stereocenters. The highest BCUT2D eigenvalue weighted by Crippen LogP contribution is 2.03. The Morgan fingerprint density at radius 1 is 1.33 bits per heavy atom. The highest BCUT2D eigenvalue weighted by Gasteiger charge is 2.03. The fraction of sp³-hybridized carbons (Fsp3) is 0.364. The van der Waals surface area contributed by atoms with Crippen LogP contribution >= 0.6 is 0 Å². The summed E-state index contributed by atoms with van der Waals surface area (Å²) >= 11 is 0. The molecule has 1 amide bonds. The van der Waals surface area contributed by atoms with E-state index in [0.29, 0.717) is 18.7 Å². The van der Waals surface area contributed by atoms with Crippen LogP contribution in [0.5, 0.6) is 0 Å². The summed E-state index contributed by atoms with van der Waals surface area (Å²) in [7, 11) is 0. The fourth-order valence-electron chi connectivity index (χ4n) is 1.23. The Labute approximate surface area is 89.8 Å². The van der Waals surface area contributed by atoms with Crippen molar-refractivity contribution in [3.8, 4) is 0 Å². The molecule has 15 heavy (non-hydrogen) atoms. The third-order valence-corrected chi connectivity index (χ3v) is 2.06. The monoisotopic (exact) mass is 207 g/mol. The zero-order chi connectivity index (χ0) is 11.1. The molecule has 82 valence electrons. The predicted octanol–water partition coefficient (Wildman–Crippen LogP) is 0.790. The van der Waals surface area contributed by atoms with Gasteiger partial charge in [-0.3, -0.25) is 16.1 Å². The maximum Gasteiger partial charge on any atom is 0.251 e. The first-order valence-electron chi connectivity index (χ1n) is 5.08. The summed E-state index contributed by atoms with van der Waals surface area (Å²) in [5, 5.41) is 2.82. The molecule has 0 bridgehead atoms. The summed E-state index contributed by atoms with van der Waals surface area (Å²) in [6, 6.07) is 7.39. The van der Waals surface area contributed by atoms with E-state index in [1.54, 1.807) is 12.1 Å². The molecule has 0 saturated carbocycles. The normalized spacial score (nSPS) is 10.0. The molecular weight excluding hydrogens is 190 g/mol. The quantitative estimate of drug-likeness (QED) is 0.494. The van der Waals surface area contributed by atoms with Crippen LogP contribution in [0.2, 0.25) is 0 Å². The first-order valence-corrected chi connectivity index (χ1v) is 5.08. The summed E-state index contributed by atoms with van der Waals surface area (Å²) in [5.74, 6) is 5.17. The molecule has 0 aliphatic carbocycles. The van der Waals surface area contributed by atoms with Gasteiger partial charge < -0.3 is 5.32 Å². The molecule has 0 atom stereocenters. The van der Waals surface area contributed by atoms with E-state index in [-0.39, 0.29) is 5.91 Å². The van der Waals surface area contributed by atoms with Crippen molar-refractivity contribution in [3.63, 3.8) is 0 Å². The lowest BCUT2D eigenvalue weighted by atomic mass is 10.1. The predicted molar refractivity (Wildman–Crippen MR) is 60.1 cm³/mol. The zero-order valence-corrected chi connectivity index (χ0v) is 8.92. The van der Waals surface area contributed by atoms with Crippen LogP contribution in [-0.2, 0) is 6.54 Å². The molecular formula is C11H17N3O. The highest BCUT2D eigenvalue weighted by atomic mass is 16.1. The molecule has 1 rings (SSSR count). The third-order valence-electron chi connectivity index (χ3n) is 2.06. The standard InChI is InChI=1S/C11H17N3O/c1-2-7-13-11(15)10-5-3-9(4-6-10)8-14-12/h3-6,14H,2,7-8,12H2,1H3,(H,13,15). The van der Waals surface area contributed by atoms with Gasteiger partial charge in [-0.2, -0.15) is 0 Å². The highest BCUT2D eigenvalue weighted by molar-refractivity contribution is 5.94. The first kappa shape index (κ1) is 11.7. The molecule has 0 aliphatic heterocycles. The molecule has 0 heterocycles. The van der Waals surface area contributed by atoms with E-state index in [4.69, 9.17) is 5.84 Å². The SMILES string of the molecule is CCCNC(=O)c1ccc(CNN)cc1. The average molecular weight is 207 g/mol. The number of nitrogens with two attached hydrogens (primary N) is 1. The van der Waals surface area contributed by atoms with E-state index >= 15 is 0 Å². The van der Waals surface area contributed by atoms with Crippen molar-refractivity contribution in [3.05, 3.63) is 35.4 Å². The van der Waals surface area contributed by atoms with Gasteiger partial charge in [0.05, 0.1) is 0 Å². The Bertz CT molecular complexity index is 308. The molecule has 0 aromatic heterocycles. The molecule has 0 fully saturated rings. The van der Waals surface area contributed by atoms with Gasteiger partial charge >= 0.3 is 0 Å². The number of hydrogen-bond acceptors (Lipinski definition) is 3. The van der Waals surface area contributed by atoms with Gasteiger partial charge in [-0.1, -0.05) is 19.1 Å². The summed E-state index contributed by atoms with van der Waals surface area (Å²) in [5.41, 5.74) is 4.31. The Morgan fingerprint density at radius 2 is 2.00 bits per heavy atom. The van der Waals surface area contributed by atoms with E-state index in [0.717, 1.165) is 12.0 Å². The van der Waals surface area contributed by atoms with Crippen molar-refractivity contribution >= 4 is 5.91 Å². The Kier molecular flexibility index (Phi) is 4.80. The molecule has 1 aromatic carbocycles. The van der Waals surface area contributed by atoms with Gasteiger partial charge in [-0.25, -0.2) is 0 Å². The number of amides is 1. The van der Waals surface area contributed by atoms with Gasteiger partial charge in [-0.15, -0.1) is 0 Å². The summed E-state index contributed by atoms with van der Waals surface area (Å²) in [6.45, 7) is 3.35. The number of carbonyl (C=O) groups is 1. The minimum Gasteiger partial charge on any atom is -0.352 e. The van der Waals surface area contributed by atoms with Crippen LogP contribution in [0.15, 0.2) is 24.3 Å². The molecule has 0 radical (unpaired) electrons. The molecule has 1 aromatic rings. The first-order chi connectivity index (χ1) is 7.27. The van der Waals surface area contributed by atoms with E-state index in [1.165, 1.54) is 0 Å². The van der Waals surface area contributed by atoms with Crippen molar-refractivity contribution in [2.45, 2.75) is 19.9 Å². The number of benzene rings is 1. The largest absolute Gasteiger partial charge is 0.352 e. The van der Waals surface area contributed by atoms with Crippen molar-refractivity contribution in [2.24, 2.45) is 5.84 Å². The molecule has 4 nitrogen and oxygen atoms in total. The number of rotatable bonds is 5. The van der Waals surface area contributed by atoms with Crippen LogP contribution in [0, 0.1) is 0 Å². The van der Waals surface area contributed by atoms with Crippen LogP contribution in [0.3, 0.4) is 0 Å². The van der Waals surface area contributed by atoms with Crippen LogP contribution in [-0.4, -0.2) is 12.5 Å². The third kappa shape index (κ3) is 3.69. The summed E-state index contributed by atoms with van der Waals surface area (Å²) < 4.78 is 0. The van der Waals surface area contributed by atoms with Crippen molar-refractivity contribution in [2.75, 3.05) is 6.54 Å². The minimum atomic E-state index is -0.0240. The average Bonchev–Trinajstić information content (AvgIpc) is 2.27. The molecule has 4 N–H and O–H groups in total. The summed E-state index contributed by atoms with van der Waals surface area (Å²) in [6.07, 6.45) is 0.945. The second-order valence-electron chi connectivity index (χ2n) is 3.33. The van der Waals surface area contributed by atoms with Crippen LogP contribution in [0.25, 0.3) is 0 Å². The second-order valence-corrected chi connectivity index (χ2v) is 3.33. The number of nitrogens with one attached hydrogen (secondary N) is 2. The number of hydrazine groups is 1. The molecule has 0 spiro atoms.